The lowest BCUT2D eigenvalue weighted by Gasteiger charge is -2.35. The molecular weight excluding hydrogens is 707 g/mol. The summed E-state index contributed by atoms with van der Waals surface area (Å²) in [5.41, 5.74) is 0. The van der Waals surface area contributed by atoms with Crippen LogP contribution in [0.4, 0.5) is 0 Å². The standard InChI is InChI=1S/C50H95N3O4/c1-5-7-9-11-13-15-17-19-21-23-25-27-29-31-33-36-49(54)56-46-44-53(41-35-40-52-42-38-48(39-43-52)51(3)4)45-47-57-50(55)37-34-32-30-28-26-24-22-20-18-16-14-12-10-8-6-2/h19-22,48H,5-18,23-47H2,1-4H3/b21-19-,22-20-. The van der Waals surface area contributed by atoms with E-state index in [1.54, 1.807) is 0 Å². The van der Waals surface area contributed by atoms with E-state index in [9.17, 15) is 9.59 Å². The molecule has 0 unspecified atom stereocenters. The maximum atomic E-state index is 12.5. The molecule has 0 atom stereocenters. The van der Waals surface area contributed by atoms with E-state index in [0.717, 1.165) is 58.3 Å². The molecule has 0 N–H and O–H groups in total. The van der Waals surface area contributed by atoms with Crippen molar-refractivity contribution < 1.29 is 19.1 Å². The lowest BCUT2D eigenvalue weighted by Crippen LogP contribution is -2.43. The molecule has 1 heterocycles. The van der Waals surface area contributed by atoms with Crippen LogP contribution < -0.4 is 0 Å². The van der Waals surface area contributed by atoms with Gasteiger partial charge in [0.05, 0.1) is 0 Å². The normalized spacial score (nSPS) is 14.2. The van der Waals surface area contributed by atoms with Crippen LogP contribution in [0.2, 0.25) is 0 Å². The average Bonchev–Trinajstić information content (AvgIpc) is 3.20. The summed E-state index contributed by atoms with van der Waals surface area (Å²) in [4.78, 5) is 32.3. The molecule has 7 heteroatoms. The molecule has 0 spiro atoms. The van der Waals surface area contributed by atoms with E-state index in [1.165, 1.54) is 154 Å². The van der Waals surface area contributed by atoms with Crippen molar-refractivity contribution in [2.75, 3.05) is 66.6 Å². The van der Waals surface area contributed by atoms with Crippen LogP contribution in [-0.4, -0.2) is 99.3 Å². The number of carbonyl (C=O) groups excluding carboxylic acids is 2. The van der Waals surface area contributed by atoms with Crippen LogP contribution in [0.25, 0.3) is 0 Å². The zero-order chi connectivity index (χ0) is 41.3. The second kappa shape index (κ2) is 41.1. The van der Waals surface area contributed by atoms with Gasteiger partial charge in [-0.1, -0.05) is 141 Å². The number of hydrogen-bond donors (Lipinski definition) is 0. The van der Waals surface area contributed by atoms with E-state index in [-0.39, 0.29) is 11.9 Å². The highest BCUT2D eigenvalue weighted by Gasteiger charge is 2.20. The van der Waals surface area contributed by atoms with Crippen molar-refractivity contribution in [1.29, 1.82) is 0 Å². The van der Waals surface area contributed by atoms with Gasteiger partial charge >= 0.3 is 11.9 Å². The fourth-order valence-corrected chi connectivity index (χ4v) is 7.91. The first-order valence-corrected chi connectivity index (χ1v) is 24.7. The number of rotatable bonds is 41. The molecule has 7 nitrogen and oxygen atoms in total. The molecule has 1 saturated heterocycles. The molecule has 0 bridgehead atoms. The van der Waals surface area contributed by atoms with Gasteiger partial charge in [-0.25, -0.2) is 0 Å². The highest BCUT2D eigenvalue weighted by Crippen LogP contribution is 2.15. The fourth-order valence-electron chi connectivity index (χ4n) is 7.91. The summed E-state index contributed by atoms with van der Waals surface area (Å²) in [5, 5.41) is 0. The van der Waals surface area contributed by atoms with Crippen molar-refractivity contribution in [2.45, 2.75) is 219 Å². The molecule has 0 aliphatic carbocycles. The number of piperidine rings is 1. The quantitative estimate of drug-likeness (QED) is 0.0347. The van der Waals surface area contributed by atoms with Crippen LogP contribution in [0.3, 0.4) is 0 Å². The third-order valence-electron chi connectivity index (χ3n) is 11.9. The highest BCUT2D eigenvalue weighted by atomic mass is 16.5. The molecule has 0 radical (unpaired) electrons. The summed E-state index contributed by atoms with van der Waals surface area (Å²) in [6.07, 6.45) is 46.6. The summed E-state index contributed by atoms with van der Waals surface area (Å²) >= 11 is 0. The van der Waals surface area contributed by atoms with Gasteiger partial charge in [0.15, 0.2) is 0 Å². The first kappa shape index (κ1) is 53.3. The molecular formula is C50H95N3O4. The maximum absolute atomic E-state index is 12.5. The van der Waals surface area contributed by atoms with Crippen molar-refractivity contribution in [3.63, 3.8) is 0 Å². The Bertz CT molecular complexity index is 888. The summed E-state index contributed by atoms with van der Waals surface area (Å²) in [6, 6.07) is 0.695. The Hall–Kier alpha value is -1.70. The van der Waals surface area contributed by atoms with Crippen LogP contribution in [0.1, 0.15) is 213 Å². The van der Waals surface area contributed by atoms with E-state index in [2.05, 4.69) is 66.9 Å². The third kappa shape index (κ3) is 35.9. The molecule has 1 fully saturated rings. The number of hydrogen-bond acceptors (Lipinski definition) is 7. The Labute approximate surface area is 354 Å². The molecule has 0 amide bonds. The number of likely N-dealkylation sites (tertiary alicyclic amines) is 1. The van der Waals surface area contributed by atoms with Crippen LogP contribution in [0.15, 0.2) is 24.3 Å². The average molecular weight is 802 g/mol. The van der Waals surface area contributed by atoms with Gasteiger partial charge in [0.1, 0.15) is 13.2 Å². The van der Waals surface area contributed by atoms with Gasteiger partial charge in [-0.05, 0) is 124 Å². The smallest absolute Gasteiger partial charge is 0.305 e. The topological polar surface area (TPSA) is 62.3 Å². The number of allylic oxidation sites excluding steroid dienone is 4. The largest absolute Gasteiger partial charge is 0.464 e. The zero-order valence-electron chi connectivity index (χ0n) is 38.4. The van der Waals surface area contributed by atoms with Crippen LogP contribution in [-0.2, 0) is 19.1 Å². The maximum Gasteiger partial charge on any atom is 0.305 e. The van der Waals surface area contributed by atoms with E-state index in [4.69, 9.17) is 9.47 Å². The van der Waals surface area contributed by atoms with Gasteiger partial charge in [-0.2, -0.15) is 0 Å². The minimum Gasteiger partial charge on any atom is -0.464 e. The van der Waals surface area contributed by atoms with E-state index in [0.29, 0.717) is 45.2 Å². The lowest BCUT2D eigenvalue weighted by atomic mass is 10.0. The second-order valence-electron chi connectivity index (χ2n) is 17.3. The van der Waals surface area contributed by atoms with Gasteiger partial charge in [0.25, 0.3) is 0 Å². The highest BCUT2D eigenvalue weighted by molar-refractivity contribution is 5.69. The molecule has 57 heavy (non-hydrogen) atoms. The predicted octanol–water partition coefficient (Wildman–Crippen LogP) is 12.9. The number of nitrogens with zero attached hydrogens (tertiary/aromatic N) is 3. The van der Waals surface area contributed by atoms with Crippen molar-refractivity contribution in [3.05, 3.63) is 24.3 Å². The van der Waals surface area contributed by atoms with Crippen LogP contribution >= 0.6 is 0 Å². The van der Waals surface area contributed by atoms with Gasteiger partial charge in [-0.3, -0.25) is 14.5 Å². The molecule has 1 aliphatic heterocycles. The number of carbonyl (C=O) groups is 2. The van der Waals surface area contributed by atoms with Crippen molar-refractivity contribution >= 4 is 11.9 Å². The third-order valence-corrected chi connectivity index (χ3v) is 11.9. The molecule has 0 aromatic heterocycles. The van der Waals surface area contributed by atoms with Gasteiger partial charge < -0.3 is 19.3 Å². The zero-order valence-corrected chi connectivity index (χ0v) is 38.4. The van der Waals surface area contributed by atoms with E-state index < -0.39 is 0 Å². The Morgan fingerprint density at radius 3 is 1.26 bits per heavy atom. The van der Waals surface area contributed by atoms with E-state index in [1.807, 2.05) is 0 Å². The van der Waals surface area contributed by atoms with Gasteiger partial charge in [-0.15, -0.1) is 0 Å². The lowest BCUT2D eigenvalue weighted by molar-refractivity contribution is -0.144. The molecule has 0 aromatic rings. The summed E-state index contributed by atoms with van der Waals surface area (Å²) < 4.78 is 11.3. The first-order valence-electron chi connectivity index (χ1n) is 24.7. The molecule has 0 aromatic carbocycles. The summed E-state index contributed by atoms with van der Waals surface area (Å²) in [5.74, 6) is -0.162. The van der Waals surface area contributed by atoms with Gasteiger partial charge in [0, 0.05) is 32.0 Å². The molecule has 334 valence electrons. The Balaban J connectivity index is 2.20. The van der Waals surface area contributed by atoms with Crippen molar-refractivity contribution in [2.24, 2.45) is 0 Å². The first-order chi connectivity index (χ1) is 28.0. The Morgan fingerprint density at radius 2 is 0.877 bits per heavy atom. The van der Waals surface area contributed by atoms with E-state index >= 15 is 0 Å². The van der Waals surface area contributed by atoms with Crippen LogP contribution in [0, 0.1) is 0 Å². The Kier molecular flexibility index (Phi) is 38.4. The SMILES string of the molecule is CCCCCCCC/C=C\CCCCCCCC(=O)OCCN(CCCN1CCC(N(C)C)CC1)CCOC(=O)CCCCCCC/C=C\CCCCCCCC. The molecule has 1 aliphatic rings. The summed E-state index contributed by atoms with van der Waals surface area (Å²) in [7, 11) is 4.38. The number of ether oxygens (including phenoxy) is 2. The second-order valence-corrected chi connectivity index (χ2v) is 17.3. The monoisotopic (exact) mass is 802 g/mol. The Morgan fingerprint density at radius 1 is 0.509 bits per heavy atom. The number of unbranched alkanes of at least 4 members (excludes halogenated alkanes) is 22. The van der Waals surface area contributed by atoms with Crippen LogP contribution in [0.5, 0.6) is 0 Å². The fraction of sp³-hybridized carbons (Fsp3) is 0.880. The molecule has 1 rings (SSSR count). The minimum atomic E-state index is -0.0808. The van der Waals surface area contributed by atoms with Crippen molar-refractivity contribution in [3.8, 4) is 0 Å². The summed E-state index contributed by atoms with van der Waals surface area (Å²) in [6.45, 7) is 11.1. The van der Waals surface area contributed by atoms with Crippen molar-refractivity contribution in [1.82, 2.24) is 14.7 Å². The van der Waals surface area contributed by atoms with Gasteiger partial charge in [0.2, 0.25) is 0 Å². The molecule has 0 saturated carbocycles. The minimum absolute atomic E-state index is 0.0808. The predicted molar refractivity (Wildman–Crippen MR) is 245 cm³/mol. The number of esters is 2.